The second-order valence-electron chi connectivity index (χ2n) is 4.47. The fraction of sp³-hybridized carbons (Fsp3) is 0.267. The van der Waals surface area contributed by atoms with Crippen molar-refractivity contribution in [2.45, 2.75) is 13.5 Å². The highest BCUT2D eigenvalue weighted by molar-refractivity contribution is 5.90. The molecule has 110 valence electrons. The Morgan fingerprint density at radius 2 is 2.00 bits per heavy atom. The van der Waals surface area contributed by atoms with Crippen LogP contribution < -0.4 is 9.64 Å². The SMILES string of the molecule is CCN(C)c1ncnc(C(=O)O)c1OCc1ccccc1. The fourth-order valence-electron chi connectivity index (χ4n) is 1.80. The molecule has 6 heteroatoms. The zero-order valence-corrected chi connectivity index (χ0v) is 12.0. The fourth-order valence-corrected chi connectivity index (χ4v) is 1.80. The Morgan fingerprint density at radius 3 is 2.62 bits per heavy atom. The minimum atomic E-state index is -1.13. The summed E-state index contributed by atoms with van der Waals surface area (Å²) in [6, 6.07) is 9.53. The monoisotopic (exact) mass is 287 g/mol. The number of aromatic nitrogens is 2. The standard InChI is InChI=1S/C15H17N3O3/c1-3-18(2)14-13(12(15(19)20)16-10-17-14)21-9-11-7-5-4-6-8-11/h4-8,10H,3,9H2,1-2H3,(H,19,20). The maximum absolute atomic E-state index is 11.3. The Labute approximate surface area is 123 Å². The molecule has 1 N–H and O–H groups in total. The van der Waals surface area contributed by atoms with E-state index >= 15 is 0 Å². The van der Waals surface area contributed by atoms with E-state index in [9.17, 15) is 9.90 Å². The van der Waals surface area contributed by atoms with Gasteiger partial charge in [0.1, 0.15) is 12.9 Å². The number of carboxylic acids is 1. The second-order valence-corrected chi connectivity index (χ2v) is 4.47. The van der Waals surface area contributed by atoms with Crippen molar-refractivity contribution >= 4 is 11.8 Å². The lowest BCUT2D eigenvalue weighted by Gasteiger charge is -2.20. The first kappa shape index (κ1) is 14.8. The number of rotatable bonds is 6. The van der Waals surface area contributed by atoms with Gasteiger partial charge in [0.2, 0.25) is 0 Å². The molecule has 1 heterocycles. The van der Waals surface area contributed by atoms with E-state index in [4.69, 9.17) is 4.74 Å². The molecule has 2 rings (SSSR count). The summed E-state index contributed by atoms with van der Waals surface area (Å²) < 4.78 is 5.69. The summed E-state index contributed by atoms with van der Waals surface area (Å²) in [4.78, 5) is 21.1. The van der Waals surface area contributed by atoms with Crippen molar-refractivity contribution in [2.24, 2.45) is 0 Å². The molecule has 0 saturated heterocycles. The zero-order valence-electron chi connectivity index (χ0n) is 12.0. The lowest BCUT2D eigenvalue weighted by Crippen LogP contribution is -2.20. The minimum Gasteiger partial charge on any atom is -0.483 e. The van der Waals surface area contributed by atoms with Crippen LogP contribution >= 0.6 is 0 Å². The summed E-state index contributed by atoms with van der Waals surface area (Å²) in [5.41, 5.74) is 0.819. The molecule has 2 aromatic rings. The van der Waals surface area contributed by atoms with Crippen LogP contribution in [0.5, 0.6) is 5.75 Å². The normalized spacial score (nSPS) is 10.2. The average molecular weight is 287 g/mol. The molecule has 0 radical (unpaired) electrons. The van der Waals surface area contributed by atoms with Gasteiger partial charge in [0.25, 0.3) is 0 Å². The maximum Gasteiger partial charge on any atom is 0.358 e. The van der Waals surface area contributed by atoms with Crippen LogP contribution in [0.25, 0.3) is 0 Å². The second kappa shape index (κ2) is 6.69. The van der Waals surface area contributed by atoms with Gasteiger partial charge in [-0.25, -0.2) is 14.8 Å². The molecule has 0 amide bonds. The first-order valence-corrected chi connectivity index (χ1v) is 6.59. The molecule has 1 aromatic heterocycles. The molecule has 6 nitrogen and oxygen atoms in total. The van der Waals surface area contributed by atoms with Crippen LogP contribution in [0, 0.1) is 0 Å². The van der Waals surface area contributed by atoms with E-state index in [-0.39, 0.29) is 18.1 Å². The third-order valence-corrected chi connectivity index (χ3v) is 3.05. The number of hydrogen-bond donors (Lipinski definition) is 1. The molecule has 21 heavy (non-hydrogen) atoms. The van der Waals surface area contributed by atoms with E-state index in [2.05, 4.69) is 9.97 Å². The Morgan fingerprint density at radius 1 is 1.29 bits per heavy atom. The third kappa shape index (κ3) is 3.47. The summed E-state index contributed by atoms with van der Waals surface area (Å²) in [6.45, 7) is 2.89. The zero-order chi connectivity index (χ0) is 15.2. The molecule has 0 aliphatic carbocycles. The van der Waals surface area contributed by atoms with Crippen molar-refractivity contribution in [2.75, 3.05) is 18.5 Å². The van der Waals surface area contributed by atoms with Crippen LogP contribution in [0.1, 0.15) is 23.0 Å². The molecule has 0 unspecified atom stereocenters. The molecule has 0 saturated carbocycles. The first-order chi connectivity index (χ1) is 10.1. The Hall–Kier alpha value is -2.63. The van der Waals surface area contributed by atoms with E-state index < -0.39 is 5.97 Å². The van der Waals surface area contributed by atoms with E-state index in [0.717, 1.165) is 5.56 Å². The van der Waals surface area contributed by atoms with Gasteiger partial charge in [-0.05, 0) is 12.5 Å². The molecular weight excluding hydrogens is 270 g/mol. The van der Waals surface area contributed by atoms with Gasteiger partial charge in [-0.3, -0.25) is 0 Å². The van der Waals surface area contributed by atoms with Crippen molar-refractivity contribution in [3.05, 3.63) is 47.9 Å². The molecule has 0 spiro atoms. The van der Waals surface area contributed by atoms with Gasteiger partial charge in [0, 0.05) is 13.6 Å². The van der Waals surface area contributed by atoms with Gasteiger partial charge in [-0.2, -0.15) is 0 Å². The number of carboxylic acid groups (broad SMARTS) is 1. The smallest absolute Gasteiger partial charge is 0.358 e. The Kier molecular flexibility index (Phi) is 4.71. The number of aromatic carboxylic acids is 1. The van der Waals surface area contributed by atoms with E-state index in [1.165, 1.54) is 6.33 Å². The highest BCUT2D eigenvalue weighted by atomic mass is 16.5. The minimum absolute atomic E-state index is 0.128. The summed E-state index contributed by atoms with van der Waals surface area (Å²) in [5, 5.41) is 9.25. The van der Waals surface area contributed by atoms with Crippen molar-refractivity contribution in [1.82, 2.24) is 9.97 Å². The highest BCUT2D eigenvalue weighted by Crippen LogP contribution is 2.28. The van der Waals surface area contributed by atoms with Gasteiger partial charge in [0.05, 0.1) is 0 Å². The van der Waals surface area contributed by atoms with E-state index in [1.807, 2.05) is 49.2 Å². The summed E-state index contributed by atoms with van der Waals surface area (Å²) in [6.07, 6.45) is 1.24. The molecule has 0 aliphatic heterocycles. The molecule has 0 fully saturated rings. The number of benzene rings is 1. The maximum atomic E-state index is 11.3. The predicted octanol–water partition coefficient (Wildman–Crippen LogP) is 2.21. The molecular formula is C15H17N3O3. The molecule has 0 atom stereocenters. The van der Waals surface area contributed by atoms with Gasteiger partial charge in [-0.15, -0.1) is 0 Å². The number of ether oxygens (including phenoxy) is 1. The molecule has 0 aliphatic rings. The summed E-state index contributed by atoms with van der Waals surface area (Å²) in [7, 11) is 1.82. The van der Waals surface area contributed by atoms with Crippen LogP contribution in [0.4, 0.5) is 5.82 Å². The van der Waals surface area contributed by atoms with Crippen LogP contribution in [0.3, 0.4) is 0 Å². The molecule has 1 aromatic carbocycles. The highest BCUT2D eigenvalue weighted by Gasteiger charge is 2.20. The largest absolute Gasteiger partial charge is 0.483 e. The van der Waals surface area contributed by atoms with Crippen molar-refractivity contribution in [3.8, 4) is 5.75 Å². The number of carbonyl (C=O) groups is 1. The van der Waals surface area contributed by atoms with Crippen molar-refractivity contribution < 1.29 is 14.6 Å². The number of hydrogen-bond acceptors (Lipinski definition) is 5. The van der Waals surface area contributed by atoms with Gasteiger partial charge in [0.15, 0.2) is 17.3 Å². The summed E-state index contributed by atoms with van der Waals surface area (Å²) in [5.74, 6) is -0.467. The van der Waals surface area contributed by atoms with Gasteiger partial charge in [-0.1, -0.05) is 30.3 Å². The average Bonchev–Trinajstić information content (AvgIpc) is 2.52. The Bertz CT molecular complexity index is 617. The van der Waals surface area contributed by atoms with Crippen LogP contribution in [0.2, 0.25) is 0 Å². The van der Waals surface area contributed by atoms with Crippen LogP contribution in [-0.4, -0.2) is 34.6 Å². The van der Waals surface area contributed by atoms with Gasteiger partial charge < -0.3 is 14.7 Å². The number of nitrogens with zero attached hydrogens (tertiary/aromatic N) is 3. The quantitative estimate of drug-likeness (QED) is 0.878. The third-order valence-electron chi connectivity index (χ3n) is 3.05. The van der Waals surface area contributed by atoms with E-state index in [1.54, 1.807) is 0 Å². The lowest BCUT2D eigenvalue weighted by atomic mass is 10.2. The van der Waals surface area contributed by atoms with Gasteiger partial charge >= 0.3 is 5.97 Å². The van der Waals surface area contributed by atoms with E-state index in [0.29, 0.717) is 12.4 Å². The predicted molar refractivity (Wildman–Crippen MR) is 78.7 cm³/mol. The van der Waals surface area contributed by atoms with Crippen molar-refractivity contribution in [1.29, 1.82) is 0 Å². The number of anilines is 1. The first-order valence-electron chi connectivity index (χ1n) is 6.59. The lowest BCUT2D eigenvalue weighted by molar-refractivity contribution is 0.0684. The van der Waals surface area contributed by atoms with Crippen LogP contribution in [-0.2, 0) is 6.61 Å². The van der Waals surface area contributed by atoms with Crippen molar-refractivity contribution in [3.63, 3.8) is 0 Å². The summed E-state index contributed by atoms with van der Waals surface area (Å²) >= 11 is 0. The molecule has 0 bridgehead atoms. The van der Waals surface area contributed by atoms with Crippen LogP contribution in [0.15, 0.2) is 36.7 Å². The topological polar surface area (TPSA) is 75.6 Å². The Balaban J connectivity index is 2.32.